The fourth-order valence-electron chi connectivity index (χ4n) is 3.29. The van der Waals surface area contributed by atoms with Crippen LogP contribution in [0.4, 0.5) is 23.1 Å². The number of nitrogens with one attached hydrogen (secondary N) is 2. The number of hydrogen-bond acceptors (Lipinski definition) is 6. The molecule has 1 fully saturated rings. The second-order valence-corrected chi connectivity index (χ2v) is 7.21. The second-order valence-electron chi connectivity index (χ2n) is 7.21. The summed E-state index contributed by atoms with van der Waals surface area (Å²) in [6.07, 6.45) is 0.353. The number of rotatable bonds is 6. The van der Waals surface area contributed by atoms with Crippen LogP contribution < -0.4 is 15.5 Å². The Hall–Kier alpha value is -3.45. The molecule has 0 radical (unpaired) electrons. The highest BCUT2D eigenvalue weighted by Crippen LogP contribution is 2.21. The first-order valence-corrected chi connectivity index (χ1v) is 10.0. The minimum atomic E-state index is -0.0384. The van der Waals surface area contributed by atoms with E-state index < -0.39 is 0 Å². The Bertz CT molecular complexity index is 986. The summed E-state index contributed by atoms with van der Waals surface area (Å²) in [5.41, 5.74) is 3.54. The monoisotopic (exact) mass is 403 g/mol. The van der Waals surface area contributed by atoms with Gasteiger partial charge in [0.2, 0.25) is 11.9 Å². The van der Waals surface area contributed by atoms with Crippen LogP contribution in [-0.4, -0.2) is 42.2 Å². The van der Waals surface area contributed by atoms with Crippen molar-refractivity contribution in [2.45, 2.75) is 13.3 Å². The molecule has 0 unspecified atom stereocenters. The second kappa shape index (κ2) is 9.37. The van der Waals surface area contributed by atoms with Gasteiger partial charge in [-0.25, -0.2) is 4.98 Å². The molecule has 1 aliphatic rings. The summed E-state index contributed by atoms with van der Waals surface area (Å²) in [4.78, 5) is 23.6. The molecule has 2 heterocycles. The average Bonchev–Trinajstić information content (AvgIpc) is 2.76. The standard InChI is InChI=1S/C23H25N5O2/c1-17-15-21(27-23(24-17)28-11-13-30-14-12-28)25-19-7-9-20(10-8-19)26-22(29)16-18-5-3-2-4-6-18/h2-10,15H,11-14,16H2,1H3,(H,26,29)(H,24,25,27). The molecule has 1 aromatic heterocycles. The van der Waals surface area contributed by atoms with Crippen LogP contribution in [0.15, 0.2) is 60.7 Å². The van der Waals surface area contributed by atoms with Crippen molar-refractivity contribution in [1.29, 1.82) is 0 Å². The Morgan fingerprint density at radius 3 is 2.43 bits per heavy atom. The summed E-state index contributed by atoms with van der Waals surface area (Å²) in [5, 5.41) is 6.25. The Labute approximate surface area is 176 Å². The van der Waals surface area contributed by atoms with Crippen LogP contribution in [0.1, 0.15) is 11.3 Å². The van der Waals surface area contributed by atoms with Crippen LogP contribution in [0, 0.1) is 6.92 Å². The summed E-state index contributed by atoms with van der Waals surface area (Å²) in [6, 6.07) is 19.2. The lowest BCUT2D eigenvalue weighted by Gasteiger charge is -2.27. The first-order chi connectivity index (χ1) is 14.7. The molecule has 3 aromatic rings. The molecule has 1 saturated heterocycles. The Kier molecular flexibility index (Phi) is 6.20. The molecule has 4 rings (SSSR count). The number of morpholine rings is 1. The molecule has 0 aliphatic carbocycles. The molecule has 0 saturated carbocycles. The number of ether oxygens (including phenoxy) is 1. The predicted octanol–water partition coefficient (Wildman–Crippen LogP) is 3.55. The highest BCUT2D eigenvalue weighted by Gasteiger charge is 2.15. The number of carbonyl (C=O) groups excluding carboxylic acids is 1. The van der Waals surface area contributed by atoms with Crippen LogP contribution >= 0.6 is 0 Å². The Morgan fingerprint density at radius 2 is 1.70 bits per heavy atom. The lowest BCUT2D eigenvalue weighted by molar-refractivity contribution is -0.115. The van der Waals surface area contributed by atoms with Gasteiger partial charge >= 0.3 is 0 Å². The van der Waals surface area contributed by atoms with E-state index in [4.69, 9.17) is 4.74 Å². The highest BCUT2D eigenvalue weighted by molar-refractivity contribution is 5.92. The van der Waals surface area contributed by atoms with Gasteiger partial charge in [0.15, 0.2) is 0 Å². The summed E-state index contributed by atoms with van der Waals surface area (Å²) in [6.45, 7) is 4.93. The summed E-state index contributed by atoms with van der Waals surface area (Å²) < 4.78 is 5.41. The maximum Gasteiger partial charge on any atom is 0.228 e. The molecule has 1 amide bonds. The van der Waals surface area contributed by atoms with Gasteiger partial charge in [0.1, 0.15) is 5.82 Å². The summed E-state index contributed by atoms with van der Waals surface area (Å²) in [5.74, 6) is 1.42. The normalized spacial score (nSPS) is 13.7. The Balaban J connectivity index is 1.38. The maximum atomic E-state index is 12.2. The van der Waals surface area contributed by atoms with Gasteiger partial charge in [-0.1, -0.05) is 30.3 Å². The zero-order chi connectivity index (χ0) is 20.8. The van der Waals surface area contributed by atoms with Crippen molar-refractivity contribution in [2.75, 3.05) is 41.8 Å². The van der Waals surface area contributed by atoms with Crippen LogP contribution in [0.25, 0.3) is 0 Å². The first-order valence-electron chi connectivity index (χ1n) is 10.0. The fourth-order valence-corrected chi connectivity index (χ4v) is 3.29. The van der Waals surface area contributed by atoms with Crippen LogP contribution in [0.2, 0.25) is 0 Å². The molecule has 7 nitrogen and oxygen atoms in total. The largest absolute Gasteiger partial charge is 0.378 e. The molecule has 1 aliphatic heterocycles. The highest BCUT2D eigenvalue weighted by atomic mass is 16.5. The van der Waals surface area contributed by atoms with Crippen molar-refractivity contribution in [1.82, 2.24) is 9.97 Å². The first kappa shape index (κ1) is 19.8. The van der Waals surface area contributed by atoms with Gasteiger partial charge < -0.3 is 20.3 Å². The average molecular weight is 403 g/mol. The maximum absolute atomic E-state index is 12.2. The quantitative estimate of drug-likeness (QED) is 0.655. The van der Waals surface area contributed by atoms with Crippen molar-refractivity contribution in [3.63, 3.8) is 0 Å². The van der Waals surface area contributed by atoms with Crippen LogP contribution in [0.3, 0.4) is 0 Å². The zero-order valence-electron chi connectivity index (χ0n) is 17.0. The third-order valence-corrected chi connectivity index (χ3v) is 4.78. The van der Waals surface area contributed by atoms with Crippen molar-refractivity contribution in [3.05, 3.63) is 71.9 Å². The van der Waals surface area contributed by atoms with Gasteiger partial charge in [0, 0.05) is 36.2 Å². The molecule has 0 spiro atoms. The van der Waals surface area contributed by atoms with Crippen LogP contribution in [0.5, 0.6) is 0 Å². The van der Waals surface area contributed by atoms with E-state index in [1.807, 2.05) is 67.6 Å². The molecule has 2 N–H and O–H groups in total. The lowest BCUT2D eigenvalue weighted by atomic mass is 10.1. The van der Waals surface area contributed by atoms with E-state index in [0.717, 1.165) is 41.5 Å². The molecule has 7 heteroatoms. The minimum absolute atomic E-state index is 0.0384. The molecule has 0 bridgehead atoms. The molecular weight excluding hydrogens is 378 g/mol. The van der Waals surface area contributed by atoms with Gasteiger partial charge in [0.05, 0.1) is 19.6 Å². The van der Waals surface area contributed by atoms with E-state index in [2.05, 4.69) is 25.5 Å². The third kappa shape index (κ3) is 5.33. The number of carbonyl (C=O) groups is 1. The van der Waals surface area contributed by atoms with Gasteiger partial charge in [-0.05, 0) is 36.8 Å². The van der Waals surface area contributed by atoms with Gasteiger partial charge in [-0.2, -0.15) is 4.98 Å². The topological polar surface area (TPSA) is 79.4 Å². The van der Waals surface area contributed by atoms with E-state index in [-0.39, 0.29) is 5.91 Å². The zero-order valence-corrected chi connectivity index (χ0v) is 17.0. The molecular formula is C23H25N5O2. The van der Waals surface area contributed by atoms with Gasteiger partial charge in [-0.3, -0.25) is 4.79 Å². The number of hydrogen-bond donors (Lipinski definition) is 2. The molecule has 2 aromatic carbocycles. The van der Waals surface area contributed by atoms with E-state index in [1.165, 1.54) is 0 Å². The van der Waals surface area contributed by atoms with E-state index in [1.54, 1.807) is 0 Å². The number of anilines is 4. The Morgan fingerprint density at radius 1 is 1.00 bits per heavy atom. The van der Waals surface area contributed by atoms with Gasteiger partial charge in [0.25, 0.3) is 0 Å². The van der Waals surface area contributed by atoms with Crippen molar-refractivity contribution < 1.29 is 9.53 Å². The fraction of sp³-hybridized carbons (Fsp3) is 0.261. The number of benzene rings is 2. The number of nitrogens with zero attached hydrogens (tertiary/aromatic N) is 3. The van der Waals surface area contributed by atoms with Crippen molar-refractivity contribution in [3.8, 4) is 0 Å². The van der Waals surface area contributed by atoms with Crippen LogP contribution in [-0.2, 0) is 16.0 Å². The van der Waals surface area contributed by atoms with Crippen molar-refractivity contribution >= 4 is 29.0 Å². The molecule has 154 valence electrons. The smallest absolute Gasteiger partial charge is 0.228 e. The SMILES string of the molecule is Cc1cc(Nc2ccc(NC(=O)Cc3ccccc3)cc2)nc(N2CCOCC2)n1. The lowest BCUT2D eigenvalue weighted by Crippen LogP contribution is -2.37. The van der Waals surface area contributed by atoms with Gasteiger partial charge in [-0.15, -0.1) is 0 Å². The minimum Gasteiger partial charge on any atom is -0.378 e. The predicted molar refractivity (Wildman–Crippen MR) is 118 cm³/mol. The number of aromatic nitrogens is 2. The van der Waals surface area contributed by atoms with E-state index >= 15 is 0 Å². The molecule has 0 atom stereocenters. The van der Waals surface area contributed by atoms with Crippen molar-refractivity contribution in [2.24, 2.45) is 0 Å². The third-order valence-electron chi connectivity index (χ3n) is 4.78. The van der Waals surface area contributed by atoms with E-state index in [0.29, 0.717) is 25.6 Å². The van der Waals surface area contributed by atoms with E-state index in [9.17, 15) is 4.79 Å². The summed E-state index contributed by atoms with van der Waals surface area (Å²) in [7, 11) is 0. The number of amides is 1. The molecule has 30 heavy (non-hydrogen) atoms. The summed E-state index contributed by atoms with van der Waals surface area (Å²) >= 11 is 0. The number of aryl methyl sites for hydroxylation is 1.